The number of ether oxygens (including phenoxy) is 1. The predicted octanol–water partition coefficient (Wildman–Crippen LogP) is 4.21. The standard InChI is InChI=1S/C27H36FN5O3/c1-5-6-9-27(31-32-27)10-11-33(26(35)23-22(28)14-21(36-4)16-29-23)24(25(34)30-15-17(2)3)20-12-18-7-8-19(18)13-20/h1,14,16-20,24H,6-13,15H2,2-4H3,(H,30,34)/t18-,19+,20?,24?. The molecule has 1 N–H and O–H groups in total. The molecule has 2 aliphatic carbocycles. The average Bonchev–Trinajstić information content (AvgIpc) is 3.56. The van der Waals surface area contributed by atoms with Gasteiger partial charge >= 0.3 is 0 Å². The maximum absolute atomic E-state index is 15.0. The molecule has 8 nitrogen and oxygen atoms in total. The van der Waals surface area contributed by atoms with E-state index in [9.17, 15) is 14.0 Å². The number of nitrogens with one attached hydrogen (secondary N) is 1. The van der Waals surface area contributed by atoms with E-state index >= 15 is 0 Å². The zero-order valence-corrected chi connectivity index (χ0v) is 21.4. The fraction of sp³-hybridized carbons (Fsp3) is 0.667. The Bertz CT molecular complexity index is 1030. The van der Waals surface area contributed by atoms with E-state index in [2.05, 4.69) is 26.4 Å². The van der Waals surface area contributed by atoms with E-state index in [0.29, 0.717) is 37.6 Å². The van der Waals surface area contributed by atoms with Crippen LogP contribution in [0.25, 0.3) is 0 Å². The summed E-state index contributed by atoms with van der Waals surface area (Å²) in [4.78, 5) is 33.1. The molecule has 2 heterocycles. The van der Waals surface area contributed by atoms with Crippen molar-refractivity contribution < 1.29 is 18.7 Å². The highest BCUT2D eigenvalue weighted by atomic mass is 19.1. The van der Waals surface area contributed by atoms with Crippen LogP contribution in [0.4, 0.5) is 4.39 Å². The van der Waals surface area contributed by atoms with Crippen molar-refractivity contribution in [1.29, 1.82) is 0 Å². The van der Waals surface area contributed by atoms with Gasteiger partial charge in [-0.15, -0.1) is 12.3 Å². The van der Waals surface area contributed by atoms with Gasteiger partial charge < -0.3 is 15.0 Å². The van der Waals surface area contributed by atoms with Gasteiger partial charge in [0.05, 0.1) is 13.3 Å². The van der Waals surface area contributed by atoms with Gasteiger partial charge in [0.2, 0.25) is 5.91 Å². The highest BCUT2D eigenvalue weighted by molar-refractivity contribution is 5.96. The third-order valence-electron chi connectivity index (χ3n) is 7.84. The molecule has 3 aliphatic rings. The molecule has 0 aromatic carbocycles. The number of methoxy groups -OCH3 is 1. The first-order valence-corrected chi connectivity index (χ1v) is 12.9. The lowest BCUT2D eigenvalue weighted by Gasteiger charge is -2.35. The summed E-state index contributed by atoms with van der Waals surface area (Å²) in [5.41, 5.74) is -0.953. The number of amides is 2. The van der Waals surface area contributed by atoms with Gasteiger partial charge in [0.25, 0.3) is 5.91 Å². The Kier molecular flexibility index (Phi) is 7.91. The minimum atomic E-state index is -0.778. The minimum Gasteiger partial charge on any atom is -0.495 e. The number of pyridine rings is 1. The summed E-state index contributed by atoms with van der Waals surface area (Å²) < 4.78 is 20.0. The van der Waals surface area contributed by atoms with E-state index in [4.69, 9.17) is 11.2 Å². The van der Waals surface area contributed by atoms with E-state index < -0.39 is 23.4 Å². The van der Waals surface area contributed by atoms with Gasteiger partial charge in [-0.25, -0.2) is 9.37 Å². The number of carbonyl (C=O) groups excluding carboxylic acids is 2. The second kappa shape index (κ2) is 10.9. The molecule has 4 rings (SSSR count). The number of aromatic nitrogens is 1. The summed E-state index contributed by atoms with van der Waals surface area (Å²) in [7, 11) is 1.41. The molecule has 1 aliphatic heterocycles. The van der Waals surface area contributed by atoms with Gasteiger partial charge in [-0.1, -0.05) is 13.8 Å². The first-order chi connectivity index (χ1) is 17.3. The molecule has 1 aromatic rings. The van der Waals surface area contributed by atoms with E-state index in [1.165, 1.54) is 18.2 Å². The van der Waals surface area contributed by atoms with Crippen molar-refractivity contribution in [3.63, 3.8) is 0 Å². The van der Waals surface area contributed by atoms with Gasteiger partial charge in [-0.3, -0.25) is 9.59 Å². The summed E-state index contributed by atoms with van der Waals surface area (Å²) in [6, 6.07) is 0.427. The fourth-order valence-corrected chi connectivity index (χ4v) is 5.57. The molecule has 194 valence electrons. The Morgan fingerprint density at radius 2 is 1.97 bits per heavy atom. The molecule has 36 heavy (non-hydrogen) atoms. The predicted molar refractivity (Wildman–Crippen MR) is 133 cm³/mol. The normalized spacial score (nSPS) is 23.8. The van der Waals surface area contributed by atoms with Gasteiger partial charge in [-0.05, 0) is 49.4 Å². The van der Waals surface area contributed by atoms with Crippen molar-refractivity contribution in [2.24, 2.45) is 33.9 Å². The van der Waals surface area contributed by atoms with Crippen LogP contribution in [0, 0.1) is 41.8 Å². The molecule has 2 amide bonds. The molecule has 0 bridgehead atoms. The molecule has 9 heteroatoms. The number of rotatable bonds is 12. The molecule has 2 fully saturated rings. The van der Waals surface area contributed by atoms with Crippen molar-refractivity contribution in [2.75, 3.05) is 20.2 Å². The second-order valence-corrected chi connectivity index (χ2v) is 10.8. The first kappa shape index (κ1) is 26.1. The summed E-state index contributed by atoms with van der Waals surface area (Å²) in [6.07, 6.45) is 12.4. The number of hydrogen-bond donors (Lipinski definition) is 1. The van der Waals surface area contributed by atoms with Crippen LogP contribution < -0.4 is 10.1 Å². The van der Waals surface area contributed by atoms with Crippen molar-refractivity contribution in [2.45, 2.75) is 70.5 Å². The number of hydrogen-bond acceptors (Lipinski definition) is 6. The topological polar surface area (TPSA) is 96.2 Å². The van der Waals surface area contributed by atoms with Crippen LogP contribution in [0.5, 0.6) is 5.75 Å². The smallest absolute Gasteiger partial charge is 0.276 e. The highest BCUT2D eigenvalue weighted by Gasteiger charge is 2.49. The number of carbonyl (C=O) groups is 2. The van der Waals surface area contributed by atoms with Gasteiger partial charge in [-0.2, -0.15) is 10.2 Å². The molecular formula is C27H36FN5O3. The minimum absolute atomic E-state index is 0.00895. The van der Waals surface area contributed by atoms with Crippen LogP contribution in [-0.4, -0.2) is 53.6 Å². The lowest BCUT2D eigenvalue weighted by molar-refractivity contribution is -0.127. The van der Waals surface area contributed by atoms with E-state index in [-0.39, 0.29) is 35.7 Å². The Morgan fingerprint density at radius 1 is 1.28 bits per heavy atom. The molecule has 0 spiro atoms. The summed E-state index contributed by atoms with van der Waals surface area (Å²) in [5.74, 6) is 2.72. The number of terminal acetylenes is 1. The molecule has 4 atom stereocenters. The zero-order chi connectivity index (χ0) is 25.9. The maximum atomic E-state index is 15.0. The fourth-order valence-electron chi connectivity index (χ4n) is 5.57. The van der Waals surface area contributed by atoms with Crippen LogP contribution in [-0.2, 0) is 4.79 Å². The van der Waals surface area contributed by atoms with Crippen molar-refractivity contribution in [3.8, 4) is 18.1 Å². The Labute approximate surface area is 212 Å². The SMILES string of the molecule is C#CCCC1(CCN(C(=O)c2ncc(OC)cc2F)C(C(=O)NCC(C)C)C2C[C@H]3CC[C@H]3C2)N=N1. The van der Waals surface area contributed by atoms with Crippen molar-refractivity contribution in [3.05, 3.63) is 23.8 Å². The van der Waals surface area contributed by atoms with Crippen LogP contribution >= 0.6 is 0 Å². The molecule has 2 unspecified atom stereocenters. The Balaban J connectivity index is 1.64. The van der Waals surface area contributed by atoms with E-state index in [1.807, 2.05) is 13.8 Å². The molecule has 1 aromatic heterocycles. The van der Waals surface area contributed by atoms with Crippen LogP contribution in [0.3, 0.4) is 0 Å². The lowest BCUT2D eigenvalue weighted by Crippen LogP contribution is -2.54. The van der Waals surface area contributed by atoms with Crippen LogP contribution in [0.1, 0.15) is 69.3 Å². The monoisotopic (exact) mass is 497 g/mol. The van der Waals surface area contributed by atoms with E-state index in [1.54, 1.807) is 0 Å². The summed E-state index contributed by atoms with van der Waals surface area (Å²) in [5, 5.41) is 11.4. The summed E-state index contributed by atoms with van der Waals surface area (Å²) in [6.45, 7) is 4.75. The van der Waals surface area contributed by atoms with Gasteiger partial charge in [0.15, 0.2) is 17.2 Å². The van der Waals surface area contributed by atoms with Gasteiger partial charge in [0, 0.05) is 38.4 Å². The van der Waals surface area contributed by atoms with E-state index in [0.717, 1.165) is 31.7 Å². The first-order valence-electron chi connectivity index (χ1n) is 12.9. The molecule has 0 saturated heterocycles. The second-order valence-electron chi connectivity index (χ2n) is 10.8. The third kappa shape index (κ3) is 5.69. The molecule has 2 saturated carbocycles. The highest BCUT2D eigenvalue weighted by Crippen LogP contribution is 2.51. The van der Waals surface area contributed by atoms with Crippen LogP contribution in [0.15, 0.2) is 22.5 Å². The lowest BCUT2D eigenvalue weighted by atomic mass is 9.77. The Morgan fingerprint density at radius 3 is 2.50 bits per heavy atom. The molecular weight excluding hydrogens is 461 g/mol. The van der Waals surface area contributed by atoms with Crippen molar-refractivity contribution in [1.82, 2.24) is 15.2 Å². The summed E-state index contributed by atoms with van der Waals surface area (Å²) >= 11 is 0. The number of fused-ring (bicyclic) bond motifs is 1. The molecule has 0 radical (unpaired) electrons. The maximum Gasteiger partial charge on any atom is 0.276 e. The number of nitrogens with zero attached hydrogens (tertiary/aromatic N) is 4. The largest absolute Gasteiger partial charge is 0.495 e. The quantitative estimate of drug-likeness (QED) is 0.438. The average molecular weight is 498 g/mol. The number of halogens is 1. The van der Waals surface area contributed by atoms with Crippen LogP contribution in [0.2, 0.25) is 0 Å². The third-order valence-corrected chi connectivity index (χ3v) is 7.84. The van der Waals surface area contributed by atoms with Crippen molar-refractivity contribution >= 4 is 11.8 Å². The Hall–Kier alpha value is -3.02. The zero-order valence-electron chi connectivity index (χ0n) is 21.4. The van der Waals surface area contributed by atoms with Gasteiger partial charge in [0.1, 0.15) is 11.8 Å².